The van der Waals surface area contributed by atoms with Crippen LogP contribution in [-0.2, 0) is 14.3 Å². The van der Waals surface area contributed by atoms with Gasteiger partial charge in [-0.1, -0.05) is 13.8 Å². The fourth-order valence-electron chi connectivity index (χ4n) is 2.05. The van der Waals surface area contributed by atoms with Crippen LogP contribution in [0.1, 0.15) is 55.4 Å². The maximum absolute atomic E-state index is 12.6. The Hall–Kier alpha value is -2.40. The third kappa shape index (κ3) is 4.82. The van der Waals surface area contributed by atoms with Crippen molar-refractivity contribution in [2.75, 3.05) is 5.32 Å². The van der Waals surface area contributed by atoms with Gasteiger partial charge in [-0.05, 0) is 39.2 Å². The molecule has 1 aromatic rings. The van der Waals surface area contributed by atoms with E-state index < -0.39 is 23.5 Å². The summed E-state index contributed by atoms with van der Waals surface area (Å²) >= 11 is 1.27. The van der Waals surface area contributed by atoms with Crippen LogP contribution in [0.5, 0.6) is 0 Å². The Kier molecular flexibility index (Phi) is 6.93. The summed E-state index contributed by atoms with van der Waals surface area (Å²) in [5.74, 6) is -1.66. The number of hydrogen-bond acceptors (Lipinski definition) is 6. The molecular formula is C18H25N3O4S. The largest absolute Gasteiger partial charge is 0.449 e. The molecule has 7 nitrogen and oxygen atoms in total. The van der Waals surface area contributed by atoms with Crippen LogP contribution < -0.4 is 10.6 Å². The highest BCUT2D eigenvalue weighted by atomic mass is 32.1. The summed E-state index contributed by atoms with van der Waals surface area (Å²) in [7, 11) is 0. The van der Waals surface area contributed by atoms with Gasteiger partial charge in [0.15, 0.2) is 6.10 Å². The van der Waals surface area contributed by atoms with Crippen molar-refractivity contribution in [3.63, 3.8) is 0 Å². The second-order valence-electron chi connectivity index (χ2n) is 6.67. The van der Waals surface area contributed by atoms with Crippen LogP contribution in [0.25, 0.3) is 0 Å². The topological polar surface area (TPSA) is 108 Å². The van der Waals surface area contributed by atoms with E-state index in [1.165, 1.54) is 25.2 Å². The van der Waals surface area contributed by atoms with Gasteiger partial charge < -0.3 is 15.4 Å². The zero-order chi connectivity index (χ0) is 20.2. The van der Waals surface area contributed by atoms with Crippen molar-refractivity contribution in [1.82, 2.24) is 5.32 Å². The third-order valence-electron chi connectivity index (χ3n) is 4.30. The summed E-state index contributed by atoms with van der Waals surface area (Å²) in [6, 6.07) is 2.07. The van der Waals surface area contributed by atoms with Gasteiger partial charge >= 0.3 is 5.97 Å². The van der Waals surface area contributed by atoms with Crippen LogP contribution >= 0.6 is 11.3 Å². The molecule has 26 heavy (non-hydrogen) atoms. The Morgan fingerprint density at radius 3 is 2.27 bits per heavy atom. The van der Waals surface area contributed by atoms with Gasteiger partial charge in [0.1, 0.15) is 10.5 Å². The van der Waals surface area contributed by atoms with Gasteiger partial charge in [-0.25, -0.2) is 4.79 Å². The molecule has 0 spiro atoms. The molecule has 0 unspecified atom stereocenters. The summed E-state index contributed by atoms with van der Waals surface area (Å²) in [6.45, 7) is 11.6. The molecule has 0 aliphatic heterocycles. The number of ether oxygens (including phenoxy) is 1. The molecule has 0 radical (unpaired) electrons. The number of nitrogens with one attached hydrogen (secondary N) is 2. The first-order chi connectivity index (χ1) is 11.9. The normalized spacial score (nSPS) is 14.1. The van der Waals surface area contributed by atoms with Crippen molar-refractivity contribution < 1.29 is 19.1 Å². The first kappa shape index (κ1) is 21.6. The van der Waals surface area contributed by atoms with E-state index in [0.717, 1.165) is 4.88 Å². The molecule has 0 saturated heterocycles. The van der Waals surface area contributed by atoms with Gasteiger partial charge in [-0.15, -0.1) is 11.3 Å². The molecule has 0 fully saturated rings. The molecule has 0 aliphatic rings. The monoisotopic (exact) mass is 379 g/mol. The van der Waals surface area contributed by atoms with E-state index in [1.54, 1.807) is 13.8 Å². The molecule has 0 saturated carbocycles. The Balaban J connectivity index is 2.96. The smallest absolute Gasteiger partial charge is 0.342 e. The van der Waals surface area contributed by atoms with Crippen LogP contribution in [0.2, 0.25) is 0 Å². The average Bonchev–Trinajstić information content (AvgIpc) is 2.80. The molecule has 1 heterocycles. The summed E-state index contributed by atoms with van der Waals surface area (Å²) in [5.41, 5.74) is -0.122. The second-order valence-corrected chi connectivity index (χ2v) is 7.90. The number of anilines is 1. The van der Waals surface area contributed by atoms with E-state index in [2.05, 4.69) is 16.7 Å². The summed E-state index contributed by atoms with van der Waals surface area (Å²) in [6.07, 6.45) is -1.08. The lowest BCUT2D eigenvalue weighted by atomic mass is 9.90. The van der Waals surface area contributed by atoms with E-state index in [1.807, 2.05) is 20.8 Å². The van der Waals surface area contributed by atoms with Crippen molar-refractivity contribution in [2.24, 2.45) is 5.92 Å². The quantitative estimate of drug-likeness (QED) is 0.739. The predicted octanol–water partition coefficient (Wildman–Crippen LogP) is 2.92. The van der Waals surface area contributed by atoms with E-state index >= 15 is 0 Å². The zero-order valence-corrected chi connectivity index (χ0v) is 17.0. The Morgan fingerprint density at radius 1 is 1.23 bits per heavy atom. The van der Waals surface area contributed by atoms with E-state index in [4.69, 9.17) is 4.74 Å². The number of esters is 1. The van der Waals surface area contributed by atoms with E-state index in [-0.39, 0.29) is 17.4 Å². The fourth-order valence-corrected chi connectivity index (χ4v) is 3.15. The van der Waals surface area contributed by atoms with Crippen LogP contribution in [0.4, 0.5) is 5.00 Å². The summed E-state index contributed by atoms with van der Waals surface area (Å²) < 4.78 is 5.28. The number of carbonyl (C=O) groups excluding carboxylic acids is 3. The lowest BCUT2D eigenvalue weighted by molar-refractivity contribution is -0.130. The molecule has 2 atom stereocenters. The number of carbonyl (C=O) groups is 3. The molecule has 0 aliphatic carbocycles. The van der Waals surface area contributed by atoms with Gasteiger partial charge in [0, 0.05) is 11.8 Å². The predicted molar refractivity (Wildman–Crippen MR) is 100.0 cm³/mol. The number of amides is 2. The number of aryl methyl sites for hydroxylation is 1. The number of rotatable bonds is 6. The van der Waals surface area contributed by atoms with Crippen molar-refractivity contribution >= 4 is 34.1 Å². The second kappa shape index (κ2) is 8.32. The summed E-state index contributed by atoms with van der Waals surface area (Å²) in [5, 5.41) is 14.9. The van der Waals surface area contributed by atoms with Gasteiger partial charge in [0.05, 0.1) is 11.6 Å². The molecule has 8 heteroatoms. The highest BCUT2D eigenvalue weighted by Gasteiger charge is 2.33. The fraction of sp³-hybridized carbons (Fsp3) is 0.556. The van der Waals surface area contributed by atoms with Crippen molar-refractivity contribution in [3.05, 3.63) is 16.0 Å². The van der Waals surface area contributed by atoms with Crippen molar-refractivity contribution in [3.8, 4) is 6.07 Å². The Morgan fingerprint density at radius 2 is 1.81 bits per heavy atom. The standard InChI is InChI=1S/C18H25N3O4S/c1-9(2)18(7,8-19)21-15(23)11(4)25-17(24)14-10(3)12(5)26-16(14)20-13(6)22/h9,11H,1-7H3,(H,20,22)(H,21,23)/t11-,18-/m0/s1. The van der Waals surface area contributed by atoms with Crippen LogP contribution in [-0.4, -0.2) is 29.4 Å². The van der Waals surface area contributed by atoms with Gasteiger partial charge in [0.25, 0.3) is 5.91 Å². The van der Waals surface area contributed by atoms with Crippen molar-refractivity contribution in [2.45, 2.75) is 60.1 Å². The summed E-state index contributed by atoms with van der Waals surface area (Å²) in [4.78, 5) is 37.1. The number of hydrogen-bond donors (Lipinski definition) is 2. The molecule has 142 valence electrons. The van der Waals surface area contributed by atoms with Crippen LogP contribution in [0, 0.1) is 31.1 Å². The zero-order valence-electron chi connectivity index (χ0n) is 16.1. The maximum Gasteiger partial charge on any atom is 0.342 e. The molecule has 0 bridgehead atoms. The maximum atomic E-state index is 12.6. The SMILES string of the molecule is CC(=O)Nc1sc(C)c(C)c1C(=O)O[C@@H](C)C(=O)N[C@@](C)(C#N)C(C)C. The molecular weight excluding hydrogens is 354 g/mol. The van der Waals surface area contributed by atoms with Crippen LogP contribution in [0.3, 0.4) is 0 Å². The van der Waals surface area contributed by atoms with Gasteiger partial charge in [-0.3, -0.25) is 9.59 Å². The number of thiophene rings is 1. The minimum atomic E-state index is -1.08. The minimum Gasteiger partial charge on any atom is -0.449 e. The van der Waals surface area contributed by atoms with Gasteiger partial charge in [-0.2, -0.15) is 5.26 Å². The highest BCUT2D eigenvalue weighted by Crippen LogP contribution is 2.33. The third-order valence-corrected chi connectivity index (χ3v) is 5.42. The number of nitriles is 1. The van der Waals surface area contributed by atoms with E-state index in [0.29, 0.717) is 10.6 Å². The average molecular weight is 379 g/mol. The Labute approximate surface area is 157 Å². The lowest BCUT2D eigenvalue weighted by Gasteiger charge is -2.28. The highest BCUT2D eigenvalue weighted by molar-refractivity contribution is 7.16. The lowest BCUT2D eigenvalue weighted by Crippen LogP contribution is -2.52. The number of nitrogens with zero attached hydrogens (tertiary/aromatic N) is 1. The van der Waals surface area contributed by atoms with Crippen LogP contribution in [0.15, 0.2) is 0 Å². The minimum absolute atomic E-state index is 0.118. The molecule has 2 N–H and O–H groups in total. The Bertz CT molecular complexity index is 763. The molecule has 2 amide bonds. The van der Waals surface area contributed by atoms with E-state index in [9.17, 15) is 19.6 Å². The molecule has 1 rings (SSSR count). The van der Waals surface area contributed by atoms with Gasteiger partial charge in [0.2, 0.25) is 5.91 Å². The molecule has 0 aromatic carbocycles. The van der Waals surface area contributed by atoms with Crippen molar-refractivity contribution in [1.29, 1.82) is 5.26 Å². The first-order valence-electron chi connectivity index (χ1n) is 8.24. The molecule has 1 aromatic heterocycles. The first-order valence-corrected chi connectivity index (χ1v) is 9.06.